The Labute approximate surface area is 123 Å². The highest BCUT2D eigenvalue weighted by Crippen LogP contribution is 2.35. The van der Waals surface area contributed by atoms with Crippen LogP contribution >= 0.6 is 11.6 Å². The molecule has 0 radical (unpaired) electrons. The van der Waals surface area contributed by atoms with Crippen LogP contribution in [0.3, 0.4) is 0 Å². The van der Waals surface area contributed by atoms with Gasteiger partial charge >= 0.3 is 0 Å². The number of benzene rings is 1. The van der Waals surface area contributed by atoms with Gasteiger partial charge in [0.15, 0.2) is 11.5 Å². The molecule has 0 aliphatic heterocycles. The molecule has 6 heteroatoms. The largest absolute Gasteiger partial charge is 0.504 e. The number of aromatic hydroxyl groups is 2. The first-order chi connectivity index (χ1) is 9.57. The highest BCUT2D eigenvalue weighted by Gasteiger charge is 2.15. The van der Waals surface area contributed by atoms with E-state index >= 15 is 0 Å². The summed E-state index contributed by atoms with van der Waals surface area (Å²) in [6.45, 7) is 1.28. The van der Waals surface area contributed by atoms with E-state index in [-0.39, 0.29) is 22.2 Å². The molecule has 1 amide bonds. The third kappa shape index (κ3) is 4.90. The molecule has 0 heterocycles. The van der Waals surface area contributed by atoms with E-state index in [1.165, 1.54) is 12.1 Å². The molecule has 20 heavy (non-hydrogen) atoms. The molecule has 5 nitrogen and oxygen atoms in total. The molecule has 0 saturated carbocycles. The molecule has 0 aliphatic rings. The number of halogens is 1. The van der Waals surface area contributed by atoms with E-state index in [0.29, 0.717) is 6.54 Å². The summed E-state index contributed by atoms with van der Waals surface area (Å²) in [5.74, 6) is -1.17. The van der Waals surface area contributed by atoms with Crippen LogP contribution in [-0.2, 0) is 0 Å². The zero-order chi connectivity index (χ0) is 15.0. The predicted molar refractivity (Wildman–Crippen MR) is 79.3 cm³/mol. The third-order valence-electron chi connectivity index (χ3n) is 3.01. The van der Waals surface area contributed by atoms with Crippen molar-refractivity contribution in [1.82, 2.24) is 5.32 Å². The Balaban J connectivity index is 2.35. The number of amides is 1. The van der Waals surface area contributed by atoms with Crippen LogP contribution in [0.25, 0.3) is 0 Å². The van der Waals surface area contributed by atoms with Gasteiger partial charge in [-0.15, -0.1) is 0 Å². The quantitative estimate of drug-likeness (QED) is 0.438. The summed E-state index contributed by atoms with van der Waals surface area (Å²) in [7, 11) is 0. The summed E-state index contributed by atoms with van der Waals surface area (Å²) in [5, 5.41) is 21.3. The first kappa shape index (κ1) is 16.6. The smallest absolute Gasteiger partial charge is 0.252 e. The Bertz CT molecular complexity index is 452. The number of rotatable bonds is 8. The highest BCUT2D eigenvalue weighted by atomic mass is 35.5. The van der Waals surface area contributed by atoms with Gasteiger partial charge in [0.1, 0.15) is 0 Å². The van der Waals surface area contributed by atoms with E-state index in [1.807, 2.05) is 0 Å². The lowest BCUT2D eigenvalue weighted by Crippen LogP contribution is -2.24. The molecule has 1 aromatic carbocycles. The molecule has 0 fully saturated rings. The number of hydrogen-bond acceptors (Lipinski definition) is 4. The van der Waals surface area contributed by atoms with E-state index in [0.717, 1.165) is 38.6 Å². The Morgan fingerprint density at radius 1 is 1.15 bits per heavy atom. The second-order valence-corrected chi connectivity index (χ2v) is 4.99. The van der Waals surface area contributed by atoms with Gasteiger partial charge in [0, 0.05) is 6.54 Å². The molecule has 112 valence electrons. The monoisotopic (exact) mass is 300 g/mol. The number of carbonyl (C=O) groups is 1. The van der Waals surface area contributed by atoms with Crippen LogP contribution in [0.1, 0.15) is 42.5 Å². The molecule has 0 bridgehead atoms. The van der Waals surface area contributed by atoms with Crippen molar-refractivity contribution in [2.45, 2.75) is 32.1 Å². The Hall–Kier alpha value is -1.46. The fourth-order valence-corrected chi connectivity index (χ4v) is 2.07. The van der Waals surface area contributed by atoms with Crippen molar-refractivity contribution in [3.05, 3.63) is 22.7 Å². The van der Waals surface area contributed by atoms with Crippen molar-refractivity contribution in [3.8, 4) is 11.5 Å². The lowest BCUT2D eigenvalue weighted by Gasteiger charge is -2.08. The zero-order valence-corrected chi connectivity index (χ0v) is 12.1. The molecule has 0 atom stereocenters. The van der Waals surface area contributed by atoms with Gasteiger partial charge in [0.05, 0.1) is 10.6 Å². The van der Waals surface area contributed by atoms with Gasteiger partial charge in [0.2, 0.25) is 0 Å². The molecule has 5 N–H and O–H groups in total. The van der Waals surface area contributed by atoms with Crippen molar-refractivity contribution in [1.29, 1.82) is 0 Å². The summed E-state index contributed by atoms with van der Waals surface area (Å²) in [6.07, 6.45) is 5.18. The normalized spacial score (nSPS) is 10.5. The van der Waals surface area contributed by atoms with Crippen molar-refractivity contribution in [2.75, 3.05) is 13.1 Å². The van der Waals surface area contributed by atoms with Crippen molar-refractivity contribution in [2.24, 2.45) is 5.73 Å². The minimum atomic E-state index is -0.471. The van der Waals surface area contributed by atoms with Crippen LogP contribution < -0.4 is 11.1 Å². The standard InChI is InChI=1S/C14H21ClN2O3/c15-12-10(6-7-11(18)13(12)19)14(20)17-9-5-3-1-2-4-8-16/h6-7,18-19H,1-5,8-9,16H2,(H,17,20). The summed E-state index contributed by atoms with van der Waals surface area (Å²) in [6, 6.07) is 2.62. The maximum absolute atomic E-state index is 11.9. The molecular weight excluding hydrogens is 280 g/mol. The third-order valence-corrected chi connectivity index (χ3v) is 3.39. The zero-order valence-electron chi connectivity index (χ0n) is 11.4. The molecular formula is C14H21ClN2O3. The van der Waals surface area contributed by atoms with Gasteiger partial charge in [-0.3, -0.25) is 4.79 Å². The van der Waals surface area contributed by atoms with Gasteiger partial charge in [0.25, 0.3) is 5.91 Å². The van der Waals surface area contributed by atoms with E-state index < -0.39 is 5.75 Å². The number of hydrogen-bond donors (Lipinski definition) is 4. The maximum Gasteiger partial charge on any atom is 0.252 e. The summed E-state index contributed by atoms with van der Waals surface area (Å²) < 4.78 is 0. The molecule has 1 rings (SSSR count). The van der Waals surface area contributed by atoms with Crippen LogP contribution in [0, 0.1) is 0 Å². The summed E-state index contributed by atoms with van der Waals surface area (Å²) in [4.78, 5) is 11.9. The molecule has 0 spiro atoms. The molecule has 0 unspecified atom stereocenters. The molecule has 0 aliphatic carbocycles. The number of phenolic OH excluding ortho intramolecular Hbond substituents is 2. The SMILES string of the molecule is NCCCCCCCNC(=O)c1ccc(O)c(O)c1Cl. The van der Waals surface area contributed by atoms with Crippen molar-refractivity contribution in [3.63, 3.8) is 0 Å². The van der Waals surface area contributed by atoms with Gasteiger partial charge < -0.3 is 21.3 Å². The van der Waals surface area contributed by atoms with Crippen molar-refractivity contribution >= 4 is 17.5 Å². The highest BCUT2D eigenvalue weighted by molar-refractivity contribution is 6.35. The molecule has 0 saturated heterocycles. The van der Waals surface area contributed by atoms with Crippen LogP contribution in [0.15, 0.2) is 12.1 Å². The van der Waals surface area contributed by atoms with E-state index in [2.05, 4.69) is 5.32 Å². The lowest BCUT2D eigenvalue weighted by atomic mass is 10.1. The Morgan fingerprint density at radius 2 is 1.80 bits per heavy atom. The maximum atomic E-state index is 11.9. The van der Waals surface area contributed by atoms with Crippen LogP contribution in [0.5, 0.6) is 11.5 Å². The summed E-state index contributed by atoms with van der Waals surface area (Å²) in [5.41, 5.74) is 5.56. The first-order valence-electron chi connectivity index (χ1n) is 6.76. The second-order valence-electron chi connectivity index (χ2n) is 4.61. The number of unbranched alkanes of at least 4 members (excludes halogenated alkanes) is 4. The topological polar surface area (TPSA) is 95.6 Å². The molecule has 0 aromatic heterocycles. The average Bonchev–Trinajstić information content (AvgIpc) is 2.43. The summed E-state index contributed by atoms with van der Waals surface area (Å²) >= 11 is 5.81. The van der Waals surface area contributed by atoms with Gasteiger partial charge in [-0.2, -0.15) is 0 Å². The fourth-order valence-electron chi connectivity index (χ4n) is 1.83. The number of nitrogens with one attached hydrogen (secondary N) is 1. The van der Waals surface area contributed by atoms with Crippen LogP contribution in [0.2, 0.25) is 5.02 Å². The van der Waals surface area contributed by atoms with Crippen LogP contribution in [-0.4, -0.2) is 29.2 Å². The predicted octanol–water partition coefficient (Wildman–Crippen LogP) is 2.39. The lowest BCUT2D eigenvalue weighted by molar-refractivity contribution is 0.0952. The van der Waals surface area contributed by atoms with E-state index in [1.54, 1.807) is 0 Å². The number of carbonyl (C=O) groups excluding carboxylic acids is 1. The van der Waals surface area contributed by atoms with E-state index in [9.17, 15) is 15.0 Å². The van der Waals surface area contributed by atoms with Gasteiger partial charge in [-0.25, -0.2) is 0 Å². The Kier molecular flexibility index (Phi) is 7.18. The first-order valence-corrected chi connectivity index (χ1v) is 7.14. The molecule has 1 aromatic rings. The van der Waals surface area contributed by atoms with Gasteiger partial charge in [-0.1, -0.05) is 30.9 Å². The minimum absolute atomic E-state index is 0.134. The number of nitrogens with two attached hydrogens (primary N) is 1. The second kappa shape index (κ2) is 8.66. The van der Waals surface area contributed by atoms with Crippen molar-refractivity contribution < 1.29 is 15.0 Å². The average molecular weight is 301 g/mol. The van der Waals surface area contributed by atoms with Crippen LogP contribution in [0.4, 0.5) is 0 Å². The fraction of sp³-hybridized carbons (Fsp3) is 0.500. The van der Waals surface area contributed by atoms with Gasteiger partial charge in [-0.05, 0) is 31.5 Å². The van der Waals surface area contributed by atoms with E-state index in [4.69, 9.17) is 17.3 Å². The Morgan fingerprint density at radius 3 is 2.50 bits per heavy atom. The number of phenols is 2. The minimum Gasteiger partial charge on any atom is -0.504 e.